The molecule has 1 aromatic carbocycles. The molecule has 4 aromatic rings. The molecular weight excluding hydrogens is 446 g/mol. The van der Waals surface area contributed by atoms with Crippen molar-refractivity contribution in [3.63, 3.8) is 0 Å². The van der Waals surface area contributed by atoms with Crippen LogP contribution < -0.4 is 10.2 Å². The van der Waals surface area contributed by atoms with Gasteiger partial charge in [0.2, 0.25) is 0 Å². The van der Waals surface area contributed by atoms with Gasteiger partial charge in [0.25, 0.3) is 0 Å². The number of benzene rings is 1. The summed E-state index contributed by atoms with van der Waals surface area (Å²) >= 11 is 7.54. The Morgan fingerprint density at radius 3 is 2.45 bits per heavy atom. The number of rotatable bonds is 5. The molecule has 4 heterocycles. The van der Waals surface area contributed by atoms with Gasteiger partial charge in [-0.1, -0.05) is 32.0 Å². The molecule has 1 aliphatic rings. The van der Waals surface area contributed by atoms with Crippen LogP contribution in [0, 0.1) is 13.8 Å². The molecule has 0 amide bonds. The fourth-order valence-corrected chi connectivity index (χ4v) is 5.77. The largest absolute Gasteiger partial charge is 0.351 e. The summed E-state index contributed by atoms with van der Waals surface area (Å²) in [5, 5.41) is 7.27. The highest BCUT2D eigenvalue weighted by Gasteiger charge is 2.42. The monoisotopic (exact) mass is 473 g/mol. The molecular formula is C26H27N5S2. The normalized spacial score (nSPS) is 18.2. The molecule has 5 nitrogen and oxygen atoms in total. The molecule has 0 bridgehead atoms. The van der Waals surface area contributed by atoms with Gasteiger partial charge in [-0.2, -0.15) is 0 Å². The zero-order valence-electron chi connectivity index (χ0n) is 19.2. The van der Waals surface area contributed by atoms with Crippen molar-refractivity contribution in [2.24, 2.45) is 0 Å². The maximum absolute atomic E-state index is 5.89. The highest BCUT2D eigenvalue weighted by Crippen LogP contribution is 2.44. The Morgan fingerprint density at radius 2 is 1.82 bits per heavy atom. The van der Waals surface area contributed by atoms with Crippen LogP contribution in [0.15, 0.2) is 66.3 Å². The third-order valence-electron chi connectivity index (χ3n) is 6.34. The molecule has 3 aromatic heterocycles. The number of hydrogen-bond donors (Lipinski definition) is 1. The lowest BCUT2D eigenvalue weighted by Gasteiger charge is -2.28. The van der Waals surface area contributed by atoms with Crippen LogP contribution in [0.3, 0.4) is 0 Å². The minimum atomic E-state index is -0.0614. The Morgan fingerprint density at radius 1 is 1.03 bits per heavy atom. The molecule has 33 heavy (non-hydrogen) atoms. The van der Waals surface area contributed by atoms with Crippen molar-refractivity contribution < 1.29 is 0 Å². The van der Waals surface area contributed by atoms with E-state index in [1.54, 1.807) is 11.3 Å². The van der Waals surface area contributed by atoms with Gasteiger partial charge < -0.3 is 10.2 Å². The average Bonchev–Trinajstić information content (AvgIpc) is 3.52. The fourth-order valence-electron chi connectivity index (χ4n) is 4.68. The second-order valence-corrected chi connectivity index (χ2v) is 9.98. The van der Waals surface area contributed by atoms with Crippen LogP contribution in [-0.4, -0.2) is 19.6 Å². The van der Waals surface area contributed by atoms with Crippen LogP contribution in [0.2, 0.25) is 0 Å². The zero-order valence-corrected chi connectivity index (χ0v) is 20.8. The first-order valence-corrected chi connectivity index (χ1v) is 12.4. The Hall–Kier alpha value is -3.03. The number of aromatic nitrogens is 3. The Bertz CT molecular complexity index is 1260. The van der Waals surface area contributed by atoms with E-state index >= 15 is 0 Å². The van der Waals surface area contributed by atoms with Crippen molar-refractivity contribution in [1.29, 1.82) is 0 Å². The second-order valence-electron chi connectivity index (χ2n) is 8.72. The minimum Gasteiger partial charge on any atom is -0.351 e. The van der Waals surface area contributed by atoms with Gasteiger partial charge in [0.15, 0.2) is 10.2 Å². The molecule has 7 heteroatoms. The summed E-state index contributed by atoms with van der Waals surface area (Å²) in [7, 11) is 0. The second kappa shape index (κ2) is 8.72. The highest BCUT2D eigenvalue weighted by molar-refractivity contribution is 7.80. The first-order valence-electron chi connectivity index (χ1n) is 11.1. The number of nitrogens with one attached hydrogen (secondary N) is 1. The van der Waals surface area contributed by atoms with E-state index in [1.807, 2.05) is 29.9 Å². The van der Waals surface area contributed by atoms with Gasteiger partial charge in [0.05, 0.1) is 17.8 Å². The summed E-state index contributed by atoms with van der Waals surface area (Å²) in [6.07, 6.45) is 3.69. The van der Waals surface area contributed by atoms with Gasteiger partial charge in [0.1, 0.15) is 0 Å². The SMILES string of the molecule is Cc1cc(C2C(c3ccccn3)NC(=S)N2c2ccc(C(C)C)cc2)c(C)n1-c1nccs1. The van der Waals surface area contributed by atoms with Gasteiger partial charge in [-0.15, -0.1) is 11.3 Å². The number of hydrogen-bond acceptors (Lipinski definition) is 4. The summed E-state index contributed by atoms with van der Waals surface area (Å²) < 4.78 is 2.23. The fraction of sp³-hybridized carbons (Fsp3) is 0.269. The molecule has 168 valence electrons. The van der Waals surface area contributed by atoms with Gasteiger partial charge in [-0.05, 0) is 73.4 Å². The first-order chi connectivity index (χ1) is 16.0. The molecule has 2 unspecified atom stereocenters. The van der Waals surface area contributed by atoms with Crippen LogP contribution >= 0.6 is 23.6 Å². The van der Waals surface area contributed by atoms with Crippen LogP contribution in [0.25, 0.3) is 5.13 Å². The number of anilines is 1. The van der Waals surface area contributed by atoms with E-state index in [0.29, 0.717) is 11.0 Å². The summed E-state index contributed by atoms with van der Waals surface area (Å²) in [5.74, 6) is 0.483. The van der Waals surface area contributed by atoms with Crippen molar-refractivity contribution in [2.75, 3.05) is 4.90 Å². The lowest BCUT2D eigenvalue weighted by molar-refractivity contribution is 0.565. The summed E-state index contributed by atoms with van der Waals surface area (Å²) in [4.78, 5) is 11.5. The third-order valence-corrected chi connectivity index (χ3v) is 7.41. The molecule has 1 N–H and O–H groups in total. The van der Waals surface area contributed by atoms with Gasteiger partial charge in [-0.25, -0.2) is 4.98 Å². The van der Waals surface area contributed by atoms with Crippen LogP contribution in [0.1, 0.15) is 60.1 Å². The van der Waals surface area contributed by atoms with E-state index in [-0.39, 0.29) is 12.1 Å². The average molecular weight is 474 g/mol. The molecule has 1 aliphatic heterocycles. The quantitative estimate of drug-likeness (QED) is 0.347. The summed E-state index contributed by atoms with van der Waals surface area (Å²) in [6.45, 7) is 8.73. The minimum absolute atomic E-state index is 0.0304. The Labute approximate surface area is 204 Å². The lowest BCUT2D eigenvalue weighted by Crippen LogP contribution is -2.29. The maximum atomic E-state index is 5.89. The molecule has 2 atom stereocenters. The van der Waals surface area contributed by atoms with Crippen LogP contribution in [0.5, 0.6) is 0 Å². The Kier molecular flexibility index (Phi) is 5.76. The molecule has 5 rings (SSSR count). The third kappa shape index (κ3) is 3.85. The van der Waals surface area contributed by atoms with Crippen LogP contribution in [0.4, 0.5) is 5.69 Å². The van der Waals surface area contributed by atoms with E-state index in [0.717, 1.165) is 22.2 Å². The van der Waals surface area contributed by atoms with Crippen LogP contribution in [-0.2, 0) is 0 Å². The number of aryl methyl sites for hydroxylation is 1. The van der Waals surface area contributed by atoms with E-state index in [4.69, 9.17) is 12.2 Å². The van der Waals surface area contributed by atoms with E-state index in [9.17, 15) is 0 Å². The molecule has 0 aliphatic carbocycles. The number of nitrogens with zero attached hydrogens (tertiary/aromatic N) is 4. The number of thiocarbonyl (C=S) groups is 1. The predicted octanol–water partition coefficient (Wildman–Crippen LogP) is 6.25. The maximum Gasteiger partial charge on any atom is 0.193 e. The zero-order chi connectivity index (χ0) is 23.1. The topological polar surface area (TPSA) is 46.0 Å². The van der Waals surface area contributed by atoms with E-state index < -0.39 is 0 Å². The van der Waals surface area contributed by atoms with E-state index in [2.05, 4.69) is 88.8 Å². The highest BCUT2D eigenvalue weighted by atomic mass is 32.1. The lowest BCUT2D eigenvalue weighted by atomic mass is 9.96. The number of pyridine rings is 1. The smallest absolute Gasteiger partial charge is 0.193 e. The summed E-state index contributed by atoms with van der Waals surface area (Å²) in [6, 6.07) is 17.0. The molecule has 1 fully saturated rings. The van der Waals surface area contributed by atoms with Crippen molar-refractivity contribution in [2.45, 2.75) is 45.7 Å². The van der Waals surface area contributed by atoms with Gasteiger partial charge >= 0.3 is 0 Å². The Balaban J connectivity index is 1.65. The van der Waals surface area contributed by atoms with Crippen molar-refractivity contribution in [1.82, 2.24) is 19.9 Å². The molecule has 0 radical (unpaired) electrons. The number of thiazole rings is 1. The van der Waals surface area contributed by atoms with Crippen molar-refractivity contribution in [3.8, 4) is 5.13 Å². The predicted molar refractivity (Wildman–Crippen MR) is 139 cm³/mol. The molecule has 0 spiro atoms. The van der Waals surface area contributed by atoms with Gasteiger partial charge in [-0.3, -0.25) is 9.55 Å². The molecule has 0 saturated carbocycles. The van der Waals surface area contributed by atoms with Crippen molar-refractivity contribution in [3.05, 3.63) is 94.5 Å². The standard InChI is InChI=1S/C26H27N5S2/c1-16(2)19-8-10-20(11-9-19)31-24(23(29-25(31)32)22-7-5-6-12-27-22)21-15-17(3)30(18(21)4)26-28-13-14-33-26/h5-16,23-24H,1-4H3,(H,29,32). The molecule has 1 saturated heterocycles. The summed E-state index contributed by atoms with van der Waals surface area (Å²) in [5.41, 5.74) is 6.92. The van der Waals surface area contributed by atoms with Crippen molar-refractivity contribution >= 4 is 34.4 Å². The first kappa shape index (κ1) is 21.8. The van der Waals surface area contributed by atoms with E-state index in [1.165, 1.54) is 16.8 Å². The van der Waals surface area contributed by atoms with Gasteiger partial charge in [0, 0.05) is 34.8 Å².